The van der Waals surface area contributed by atoms with E-state index in [9.17, 15) is 4.79 Å². The normalized spacial score (nSPS) is 11.6. The van der Waals surface area contributed by atoms with E-state index in [0.29, 0.717) is 23.4 Å². The highest BCUT2D eigenvalue weighted by Crippen LogP contribution is 2.43. The molecule has 0 spiro atoms. The summed E-state index contributed by atoms with van der Waals surface area (Å²) in [5.41, 5.74) is 13.9. The number of aromatic nitrogens is 5. The molecule has 7 nitrogen and oxygen atoms in total. The first-order chi connectivity index (χ1) is 25.6. The molecule has 0 unspecified atom stereocenters. The summed E-state index contributed by atoms with van der Waals surface area (Å²) in [5.74, 6) is 0.641. The van der Waals surface area contributed by atoms with Gasteiger partial charge in [0.1, 0.15) is 5.54 Å². The molecule has 0 aliphatic heterocycles. The van der Waals surface area contributed by atoms with Gasteiger partial charge in [-0.25, -0.2) is 4.68 Å². The predicted octanol–water partition coefficient (Wildman–Crippen LogP) is 8.75. The molecular weight excluding hydrogens is 641 g/mol. The zero-order valence-corrected chi connectivity index (χ0v) is 28.9. The number of rotatable bonds is 10. The van der Waals surface area contributed by atoms with Gasteiger partial charge in [-0.05, 0) is 73.8 Å². The zero-order valence-electron chi connectivity index (χ0n) is 28.9. The molecule has 0 saturated heterocycles. The fourth-order valence-corrected chi connectivity index (χ4v) is 7.44. The van der Waals surface area contributed by atoms with Crippen molar-refractivity contribution in [2.45, 2.75) is 31.8 Å². The molecule has 2 N–H and O–H groups in total. The van der Waals surface area contributed by atoms with Crippen molar-refractivity contribution in [1.82, 2.24) is 24.8 Å². The van der Waals surface area contributed by atoms with Crippen LogP contribution in [-0.4, -0.2) is 24.8 Å². The van der Waals surface area contributed by atoms with E-state index in [1.54, 1.807) is 6.07 Å². The molecule has 0 radical (unpaired) electrons. The lowest BCUT2D eigenvalue weighted by molar-refractivity contribution is 0.451. The topological polar surface area (TPSA) is 91.6 Å². The Morgan fingerprint density at radius 3 is 1.83 bits per heavy atom. The van der Waals surface area contributed by atoms with Crippen molar-refractivity contribution < 1.29 is 0 Å². The molecule has 0 bridgehead atoms. The summed E-state index contributed by atoms with van der Waals surface area (Å²) in [6.07, 6.45) is 1.75. The van der Waals surface area contributed by atoms with Gasteiger partial charge in [-0.1, -0.05) is 159 Å². The number of nitrogens with zero attached hydrogens (tertiary/aromatic N) is 5. The van der Waals surface area contributed by atoms with Crippen molar-refractivity contribution in [2.75, 3.05) is 5.73 Å². The largest absolute Gasteiger partial charge is 0.399 e. The summed E-state index contributed by atoms with van der Waals surface area (Å²) in [6, 6.07) is 55.6. The van der Waals surface area contributed by atoms with Crippen LogP contribution >= 0.6 is 0 Å². The average Bonchev–Trinajstić information content (AvgIpc) is 3.69. The molecule has 8 aromatic rings. The van der Waals surface area contributed by atoms with Gasteiger partial charge in [0.05, 0.1) is 6.54 Å². The fraction of sp³-hybridized carbons (Fsp3) is 0.111. The SMILES string of the molecule is CCCc1cc2ccc(N)cc2c(=O)n1Cc1ccc(-c2ccccc2-c2nnnn2C(c2ccccc2)(c2ccccc2)c2ccccc2)cc1. The summed E-state index contributed by atoms with van der Waals surface area (Å²) >= 11 is 0. The molecule has 0 fully saturated rings. The minimum absolute atomic E-state index is 0.0201. The molecule has 254 valence electrons. The lowest BCUT2D eigenvalue weighted by Crippen LogP contribution is -2.39. The monoisotopic (exact) mass is 678 g/mol. The van der Waals surface area contributed by atoms with Gasteiger partial charge in [0, 0.05) is 22.3 Å². The Bertz CT molecular complexity index is 2430. The molecule has 0 amide bonds. The van der Waals surface area contributed by atoms with E-state index in [1.165, 1.54) is 0 Å². The third kappa shape index (κ3) is 5.76. The zero-order chi connectivity index (χ0) is 35.5. The van der Waals surface area contributed by atoms with E-state index < -0.39 is 5.54 Å². The molecule has 52 heavy (non-hydrogen) atoms. The van der Waals surface area contributed by atoms with E-state index in [-0.39, 0.29) is 5.56 Å². The standard InChI is InChI=1S/C45H38N6O/c1-2-14-39-29-34-27-28-38(46)30-42(34)44(52)50(39)31-32-23-25-33(26-24-32)40-21-12-13-22-41(40)43-47-48-49-51(43)45(35-15-6-3-7-16-35,36-17-8-4-9-18-36)37-19-10-5-11-20-37/h3-13,15-30H,2,14,31,46H2,1H3. The van der Waals surface area contributed by atoms with E-state index in [4.69, 9.17) is 16.0 Å². The van der Waals surface area contributed by atoms with Crippen molar-refractivity contribution >= 4 is 16.5 Å². The van der Waals surface area contributed by atoms with Crippen LogP contribution in [0.2, 0.25) is 0 Å². The van der Waals surface area contributed by atoms with Crippen LogP contribution in [0.15, 0.2) is 169 Å². The van der Waals surface area contributed by atoms with Crippen LogP contribution in [-0.2, 0) is 18.5 Å². The van der Waals surface area contributed by atoms with E-state index in [0.717, 1.165) is 62.9 Å². The van der Waals surface area contributed by atoms with Gasteiger partial charge in [0.15, 0.2) is 5.82 Å². The highest BCUT2D eigenvalue weighted by atomic mass is 16.1. The van der Waals surface area contributed by atoms with Crippen molar-refractivity contribution in [2.24, 2.45) is 0 Å². The van der Waals surface area contributed by atoms with Gasteiger partial charge in [0.25, 0.3) is 5.56 Å². The Kier molecular flexibility index (Phi) is 8.75. The second-order valence-electron chi connectivity index (χ2n) is 13.1. The number of pyridine rings is 1. The number of aryl methyl sites for hydroxylation is 1. The summed E-state index contributed by atoms with van der Waals surface area (Å²) in [4.78, 5) is 13.8. The lowest BCUT2D eigenvalue weighted by atomic mass is 9.77. The first-order valence-electron chi connectivity index (χ1n) is 17.6. The maximum Gasteiger partial charge on any atom is 0.259 e. The van der Waals surface area contributed by atoms with Crippen molar-refractivity contribution in [3.05, 3.63) is 202 Å². The Balaban J connectivity index is 1.23. The highest BCUT2D eigenvalue weighted by molar-refractivity contribution is 5.85. The molecule has 0 saturated carbocycles. The quantitative estimate of drug-likeness (QED) is 0.115. The Morgan fingerprint density at radius 1 is 0.654 bits per heavy atom. The molecule has 7 heteroatoms. The van der Waals surface area contributed by atoms with Crippen molar-refractivity contribution in [3.63, 3.8) is 0 Å². The predicted molar refractivity (Wildman–Crippen MR) is 209 cm³/mol. The average molecular weight is 679 g/mol. The maximum absolute atomic E-state index is 13.8. The number of hydrogen-bond donors (Lipinski definition) is 1. The number of nitrogens with two attached hydrogens (primary N) is 1. The summed E-state index contributed by atoms with van der Waals surface area (Å²) in [7, 11) is 0. The number of nitrogen functional groups attached to an aromatic ring is 1. The fourth-order valence-electron chi connectivity index (χ4n) is 7.44. The van der Waals surface area contributed by atoms with Crippen LogP contribution in [0, 0.1) is 0 Å². The van der Waals surface area contributed by atoms with Gasteiger partial charge in [0.2, 0.25) is 0 Å². The Morgan fingerprint density at radius 2 is 1.23 bits per heavy atom. The van der Waals surface area contributed by atoms with Crippen molar-refractivity contribution in [1.29, 1.82) is 0 Å². The van der Waals surface area contributed by atoms with Crippen LogP contribution in [0.4, 0.5) is 5.69 Å². The van der Waals surface area contributed by atoms with Gasteiger partial charge >= 0.3 is 0 Å². The summed E-state index contributed by atoms with van der Waals surface area (Å²) in [5, 5.41) is 15.4. The smallest absolute Gasteiger partial charge is 0.259 e. The van der Waals surface area contributed by atoms with Gasteiger partial charge in [-0.2, -0.15) is 0 Å². The number of tetrazole rings is 1. The Hall–Kier alpha value is -6.60. The number of fused-ring (bicyclic) bond motifs is 1. The number of hydrogen-bond acceptors (Lipinski definition) is 5. The second kappa shape index (κ2) is 14.0. The van der Waals surface area contributed by atoms with Crippen LogP contribution in [0.25, 0.3) is 33.3 Å². The summed E-state index contributed by atoms with van der Waals surface area (Å²) < 4.78 is 3.85. The molecule has 2 aromatic heterocycles. The minimum atomic E-state index is -0.867. The second-order valence-corrected chi connectivity index (χ2v) is 13.1. The first kappa shape index (κ1) is 32.6. The molecule has 2 heterocycles. The van der Waals surface area contributed by atoms with Gasteiger partial charge < -0.3 is 10.3 Å². The molecule has 0 atom stereocenters. The van der Waals surface area contributed by atoms with Crippen LogP contribution in [0.5, 0.6) is 0 Å². The molecule has 8 rings (SSSR count). The first-order valence-corrected chi connectivity index (χ1v) is 17.6. The van der Waals surface area contributed by atoms with E-state index in [1.807, 2.05) is 51.7 Å². The molecule has 0 aliphatic rings. The van der Waals surface area contributed by atoms with E-state index >= 15 is 0 Å². The Labute approximate surface area is 302 Å². The number of benzene rings is 6. The third-order valence-corrected chi connectivity index (χ3v) is 9.86. The third-order valence-electron chi connectivity index (χ3n) is 9.86. The van der Waals surface area contributed by atoms with Gasteiger partial charge in [-0.15, -0.1) is 5.10 Å². The lowest BCUT2D eigenvalue weighted by Gasteiger charge is -2.36. The maximum atomic E-state index is 13.8. The summed E-state index contributed by atoms with van der Waals surface area (Å²) in [6.45, 7) is 2.60. The van der Waals surface area contributed by atoms with Crippen LogP contribution in [0.3, 0.4) is 0 Å². The minimum Gasteiger partial charge on any atom is -0.399 e. The van der Waals surface area contributed by atoms with Crippen LogP contribution in [0.1, 0.15) is 41.3 Å². The number of anilines is 1. The molecule has 0 aliphatic carbocycles. The van der Waals surface area contributed by atoms with Crippen molar-refractivity contribution in [3.8, 4) is 22.5 Å². The molecular formula is C45H38N6O. The molecule has 6 aromatic carbocycles. The van der Waals surface area contributed by atoms with E-state index in [2.05, 4.69) is 127 Å². The highest BCUT2D eigenvalue weighted by Gasteiger charge is 2.42. The van der Waals surface area contributed by atoms with Crippen LogP contribution < -0.4 is 11.3 Å². The van der Waals surface area contributed by atoms with Gasteiger partial charge in [-0.3, -0.25) is 4.79 Å².